The maximum atomic E-state index is 5.93. The summed E-state index contributed by atoms with van der Waals surface area (Å²) in [7, 11) is 1.90. The van der Waals surface area contributed by atoms with Crippen molar-refractivity contribution in [2.45, 2.75) is 13.0 Å². The van der Waals surface area contributed by atoms with Crippen LogP contribution in [0.15, 0.2) is 36.7 Å². The van der Waals surface area contributed by atoms with Crippen molar-refractivity contribution in [2.24, 2.45) is 0 Å². The summed E-state index contributed by atoms with van der Waals surface area (Å²) < 4.78 is 0. The summed E-state index contributed by atoms with van der Waals surface area (Å²) in [6.07, 6.45) is 4.41. The van der Waals surface area contributed by atoms with E-state index in [2.05, 4.69) is 15.3 Å². The Morgan fingerprint density at radius 2 is 1.94 bits per heavy atom. The molecule has 0 amide bonds. The number of aromatic nitrogens is 2. The number of rotatable bonds is 4. The van der Waals surface area contributed by atoms with Crippen LogP contribution in [0.5, 0.6) is 0 Å². The molecule has 0 aliphatic heterocycles. The molecule has 1 aromatic heterocycles. The van der Waals surface area contributed by atoms with Crippen molar-refractivity contribution in [2.75, 3.05) is 7.05 Å². The number of hydrogen-bond donors (Lipinski definition) is 1. The Hall–Kier alpha value is -1.45. The zero-order valence-corrected chi connectivity index (χ0v) is 10.4. The zero-order valence-electron chi connectivity index (χ0n) is 9.65. The minimum Gasteiger partial charge on any atom is -0.316 e. The van der Waals surface area contributed by atoms with Crippen LogP contribution in [0.2, 0.25) is 5.02 Å². The minimum absolute atomic E-state index is 0.709. The number of halogens is 1. The molecule has 0 fully saturated rings. The molecule has 3 nitrogen and oxygen atoms in total. The lowest BCUT2D eigenvalue weighted by Gasteiger charge is -2.03. The SMILES string of the molecule is CNCc1cnc(Cc2cccc(Cl)c2)nc1. The largest absolute Gasteiger partial charge is 0.316 e. The van der Waals surface area contributed by atoms with Crippen molar-refractivity contribution in [3.8, 4) is 0 Å². The predicted molar refractivity (Wildman–Crippen MR) is 69.1 cm³/mol. The number of nitrogens with one attached hydrogen (secondary N) is 1. The highest BCUT2D eigenvalue weighted by Crippen LogP contribution is 2.12. The Labute approximate surface area is 106 Å². The first kappa shape index (κ1) is 12.0. The molecule has 88 valence electrons. The van der Waals surface area contributed by atoms with E-state index in [1.807, 2.05) is 43.7 Å². The Morgan fingerprint density at radius 3 is 2.59 bits per heavy atom. The van der Waals surface area contributed by atoms with Gasteiger partial charge in [0, 0.05) is 35.9 Å². The minimum atomic E-state index is 0.709. The van der Waals surface area contributed by atoms with E-state index in [-0.39, 0.29) is 0 Å². The van der Waals surface area contributed by atoms with Crippen LogP contribution in [0, 0.1) is 0 Å². The van der Waals surface area contributed by atoms with Gasteiger partial charge in [0.2, 0.25) is 0 Å². The second-order valence-electron chi connectivity index (χ2n) is 3.84. The summed E-state index contributed by atoms with van der Waals surface area (Å²) in [6, 6.07) is 7.76. The van der Waals surface area contributed by atoms with E-state index in [1.54, 1.807) is 0 Å². The van der Waals surface area contributed by atoms with Gasteiger partial charge in [-0.15, -0.1) is 0 Å². The number of hydrogen-bond acceptors (Lipinski definition) is 3. The lowest BCUT2D eigenvalue weighted by Crippen LogP contribution is -2.07. The van der Waals surface area contributed by atoms with Gasteiger partial charge in [0.1, 0.15) is 5.82 Å². The fourth-order valence-electron chi connectivity index (χ4n) is 1.60. The monoisotopic (exact) mass is 247 g/mol. The van der Waals surface area contributed by atoms with Crippen LogP contribution in [0.1, 0.15) is 17.0 Å². The molecule has 4 heteroatoms. The Morgan fingerprint density at radius 1 is 1.18 bits per heavy atom. The lowest BCUT2D eigenvalue weighted by molar-refractivity contribution is 0.798. The van der Waals surface area contributed by atoms with E-state index >= 15 is 0 Å². The van der Waals surface area contributed by atoms with E-state index in [1.165, 1.54) is 0 Å². The average Bonchev–Trinajstić information content (AvgIpc) is 2.32. The molecule has 2 rings (SSSR count). The third kappa shape index (κ3) is 3.51. The summed E-state index contributed by atoms with van der Waals surface area (Å²) in [4.78, 5) is 8.66. The maximum Gasteiger partial charge on any atom is 0.132 e. The van der Waals surface area contributed by atoms with Crippen molar-refractivity contribution >= 4 is 11.6 Å². The molecular formula is C13H14ClN3. The van der Waals surface area contributed by atoms with Crippen LogP contribution in [-0.4, -0.2) is 17.0 Å². The molecule has 0 aliphatic rings. The second kappa shape index (κ2) is 5.75. The quantitative estimate of drug-likeness (QED) is 0.902. The number of benzene rings is 1. The van der Waals surface area contributed by atoms with Gasteiger partial charge in [0.05, 0.1) is 0 Å². The molecule has 0 spiro atoms. The van der Waals surface area contributed by atoms with Crippen molar-refractivity contribution in [3.05, 3.63) is 58.6 Å². The van der Waals surface area contributed by atoms with E-state index in [9.17, 15) is 0 Å². The standard InChI is InChI=1S/C13H14ClN3/c1-15-7-11-8-16-13(17-9-11)6-10-3-2-4-12(14)5-10/h2-5,8-9,15H,6-7H2,1H3. The molecule has 1 aromatic carbocycles. The third-order valence-corrected chi connectivity index (χ3v) is 2.63. The first-order valence-corrected chi connectivity index (χ1v) is 5.84. The Balaban J connectivity index is 2.08. The van der Waals surface area contributed by atoms with Gasteiger partial charge in [-0.05, 0) is 24.7 Å². The molecule has 0 atom stereocenters. The van der Waals surface area contributed by atoms with Gasteiger partial charge in [0.15, 0.2) is 0 Å². The smallest absolute Gasteiger partial charge is 0.132 e. The fourth-order valence-corrected chi connectivity index (χ4v) is 1.81. The predicted octanol–water partition coefficient (Wildman–Crippen LogP) is 2.44. The van der Waals surface area contributed by atoms with Crippen LogP contribution in [-0.2, 0) is 13.0 Å². The van der Waals surface area contributed by atoms with Gasteiger partial charge < -0.3 is 5.32 Å². The molecule has 1 heterocycles. The number of nitrogens with zero attached hydrogens (tertiary/aromatic N) is 2. The second-order valence-corrected chi connectivity index (χ2v) is 4.28. The maximum absolute atomic E-state index is 5.93. The van der Waals surface area contributed by atoms with Gasteiger partial charge in [-0.2, -0.15) is 0 Å². The zero-order chi connectivity index (χ0) is 12.1. The molecule has 0 unspecified atom stereocenters. The molecule has 0 radical (unpaired) electrons. The molecule has 0 saturated carbocycles. The summed E-state index contributed by atoms with van der Waals surface area (Å²) in [5.74, 6) is 0.812. The molecule has 1 N–H and O–H groups in total. The van der Waals surface area contributed by atoms with E-state index < -0.39 is 0 Å². The summed E-state index contributed by atoms with van der Waals surface area (Å²) in [5.41, 5.74) is 2.21. The Kier molecular flexibility index (Phi) is 4.07. The summed E-state index contributed by atoms with van der Waals surface area (Å²) in [6.45, 7) is 0.789. The normalized spacial score (nSPS) is 10.5. The van der Waals surface area contributed by atoms with Gasteiger partial charge in [0.25, 0.3) is 0 Å². The van der Waals surface area contributed by atoms with Gasteiger partial charge in [-0.3, -0.25) is 0 Å². The molecule has 0 saturated heterocycles. The average molecular weight is 248 g/mol. The van der Waals surface area contributed by atoms with Gasteiger partial charge >= 0.3 is 0 Å². The molecule has 2 aromatic rings. The van der Waals surface area contributed by atoms with Crippen LogP contribution in [0.25, 0.3) is 0 Å². The van der Waals surface area contributed by atoms with E-state index in [4.69, 9.17) is 11.6 Å². The van der Waals surface area contributed by atoms with Crippen LogP contribution in [0.3, 0.4) is 0 Å². The molecule has 17 heavy (non-hydrogen) atoms. The molecule has 0 bridgehead atoms. The van der Waals surface area contributed by atoms with Crippen molar-refractivity contribution in [1.29, 1.82) is 0 Å². The van der Waals surface area contributed by atoms with E-state index in [0.717, 1.165) is 28.5 Å². The van der Waals surface area contributed by atoms with Gasteiger partial charge in [-0.1, -0.05) is 23.7 Å². The van der Waals surface area contributed by atoms with Crippen molar-refractivity contribution < 1.29 is 0 Å². The highest BCUT2D eigenvalue weighted by atomic mass is 35.5. The highest BCUT2D eigenvalue weighted by Gasteiger charge is 2.00. The summed E-state index contributed by atoms with van der Waals surface area (Å²) >= 11 is 5.93. The fraction of sp³-hybridized carbons (Fsp3) is 0.231. The molecule has 0 aliphatic carbocycles. The van der Waals surface area contributed by atoms with Crippen LogP contribution < -0.4 is 5.32 Å². The first-order chi connectivity index (χ1) is 8.28. The highest BCUT2D eigenvalue weighted by molar-refractivity contribution is 6.30. The van der Waals surface area contributed by atoms with Crippen LogP contribution in [0.4, 0.5) is 0 Å². The Bertz CT molecular complexity index is 482. The van der Waals surface area contributed by atoms with E-state index in [0.29, 0.717) is 6.42 Å². The topological polar surface area (TPSA) is 37.8 Å². The first-order valence-electron chi connectivity index (χ1n) is 5.47. The van der Waals surface area contributed by atoms with Crippen LogP contribution >= 0.6 is 11.6 Å². The molecular weight excluding hydrogens is 234 g/mol. The van der Waals surface area contributed by atoms with Crippen molar-refractivity contribution in [1.82, 2.24) is 15.3 Å². The lowest BCUT2D eigenvalue weighted by atomic mass is 10.1. The van der Waals surface area contributed by atoms with Gasteiger partial charge in [-0.25, -0.2) is 9.97 Å². The third-order valence-electron chi connectivity index (χ3n) is 2.39. The van der Waals surface area contributed by atoms with Crippen molar-refractivity contribution in [3.63, 3.8) is 0 Å². The summed E-state index contributed by atoms with van der Waals surface area (Å²) in [5, 5.41) is 3.81.